The predicted octanol–water partition coefficient (Wildman–Crippen LogP) is 4.92. The first-order valence-corrected chi connectivity index (χ1v) is 8.36. The van der Waals surface area contributed by atoms with Crippen LogP contribution in [0.4, 0.5) is 11.5 Å². The third-order valence-electron chi connectivity index (χ3n) is 3.01. The van der Waals surface area contributed by atoms with E-state index in [0.29, 0.717) is 33.2 Å². The molecule has 0 amide bonds. The lowest BCUT2D eigenvalue weighted by atomic mass is 10.2. The number of carbonyl (C=O) groups is 1. The fourth-order valence-electron chi connectivity index (χ4n) is 2.04. The lowest BCUT2D eigenvalue weighted by Crippen LogP contribution is -2.05. The van der Waals surface area contributed by atoms with Crippen LogP contribution >= 0.6 is 34.5 Å². The number of esters is 1. The fraction of sp³-hybridized carbons (Fsp3) is 0.133. The van der Waals surface area contributed by atoms with Crippen LogP contribution in [-0.4, -0.2) is 22.5 Å². The maximum atomic E-state index is 12.1. The van der Waals surface area contributed by atoms with Gasteiger partial charge in [0.05, 0.1) is 17.6 Å². The molecule has 0 aliphatic carbocycles. The Morgan fingerprint density at radius 2 is 2.00 bits per heavy atom. The van der Waals surface area contributed by atoms with Crippen LogP contribution in [0.5, 0.6) is 0 Å². The quantitative estimate of drug-likeness (QED) is 0.523. The van der Waals surface area contributed by atoms with E-state index in [2.05, 4.69) is 15.3 Å². The first-order chi connectivity index (χ1) is 11.1. The van der Waals surface area contributed by atoms with Crippen molar-refractivity contribution in [2.75, 3.05) is 11.9 Å². The molecule has 0 aliphatic rings. The van der Waals surface area contributed by atoms with E-state index in [1.807, 2.05) is 0 Å². The highest BCUT2D eigenvalue weighted by atomic mass is 35.5. The lowest BCUT2D eigenvalue weighted by Gasteiger charge is -2.09. The number of hydrogen-bond donors (Lipinski definition) is 1. The third kappa shape index (κ3) is 3.39. The molecule has 0 radical (unpaired) electrons. The van der Waals surface area contributed by atoms with E-state index in [1.165, 1.54) is 11.3 Å². The molecule has 8 heteroatoms. The summed E-state index contributed by atoms with van der Waals surface area (Å²) in [4.78, 5) is 21.1. The van der Waals surface area contributed by atoms with Crippen molar-refractivity contribution in [2.45, 2.75) is 6.92 Å². The first-order valence-electron chi connectivity index (χ1n) is 6.73. The predicted molar refractivity (Wildman–Crippen MR) is 93.1 cm³/mol. The van der Waals surface area contributed by atoms with Gasteiger partial charge in [0.25, 0.3) is 0 Å². The van der Waals surface area contributed by atoms with Crippen LogP contribution in [-0.2, 0) is 4.74 Å². The van der Waals surface area contributed by atoms with Crippen molar-refractivity contribution in [3.8, 4) is 0 Å². The van der Waals surface area contributed by atoms with Crippen LogP contribution in [0.1, 0.15) is 17.3 Å². The summed E-state index contributed by atoms with van der Waals surface area (Å²) in [5.41, 5.74) is 1.19. The van der Waals surface area contributed by atoms with Gasteiger partial charge in [-0.2, -0.15) is 4.98 Å². The first kappa shape index (κ1) is 16.0. The molecule has 0 atom stereocenters. The lowest BCUT2D eigenvalue weighted by molar-refractivity contribution is 0.0529. The topological polar surface area (TPSA) is 64.1 Å². The summed E-state index contributed by atoms with van der Waals surface area (Å²) in [7, 11) is 0. The van der Waals surface area contributed by atoms with Crippen LogP contribution in [0, 0.1) is 0 Å². The number of hydrogen-bond acceptors (Lipinski definition) is 6. The zero-order valence-corrected chi connectivity index (χ0v) is 14.3. The fourth-order valence-corrected chi connectivity index (χ4v) is 3.29. The molecule has 0 bridgehead atoms. The Morgan fingerprint density at radius 3 is 2.70 bits per heavy atom. The Kier molecular flexibility index (Phi) is 4.66. The minimum Gasteiger partial charge on any atom is -0.462 e. The normalized spacial score (nSPS) is 10.7. The van der Waals surface area contributed by atoms with Crippen molar-refractivity contribution in [1.82, 2.24) is 9.97 Å². The average molecular weight is 368 g/mol. The molecule has 0 fully saturated rings. The molecule has 3 aromatic rings. The number of nitrogens with one attached hydrogen (secondary N) is 1. The SMILES string of the molecule is CCOC(=O)c1csc2nc(Cl)nc(Nc3ccc(Cl)cc3)c12. The van der Waals surface area contributed by atoms with Gasteiger partial charge in [-0.1, -0.05) is 11.6 Å². The number of carbonyl (C=O) groups excluding carboxylic acids is 1. The van der Waals surface area contributed by atoms with Crippen LogP contribution in [0.2, 0.25) is 10.3 Å². The Bertz CT molecular complexity index is 865. The van der Waals surface area contributed by atoms with E-state index in [0.717, 1.165) is 5.69 Å². The molecule has 0 saturated carbocycles. The maximum absolute atomic E-state index is 12.1. The molecule has 2 heterocycles. The Labute approximate surface area is 146 Å². The van der Waals surface area contributed by atoms with Gasteiger partial charge in [-0.25, -0.2) is 9.78 Å². The van der Waals surface area contributed by atoms with Crippen molar-refractivity contribution in [3.63, 3.8) is 0 Å². The summed E-state index contributed by atoms with van der Waals surface area (Å²) >= 11 is 13.2. The maximum Gasteiger partial charge on any atom is 0.339 e. The molecular weight excluding hydrogens is 357 g/mol. The molecule has 1 aromatic carbocycles. The summed E-state index contributed by atoms with van der Waals surface area (Å²) in [6, 6.07) is 7.12. The second-order valence-corrected chi connectivity index (χ2v) is 6.16. The van der Waals surface area contributed by atoms with Crippen LogP contribution in [0.25, 0.3) is 10.2 Å². The van der Waals surface area contributed by atoms with E-state index in [1.54, 1.807) is 36.6 Å². The molecule has 0 aliphatic heterocycles. The van der Waals surface area contributed by atoms with Crippen LogP contribution in [0.3, 0.4) is 0 Å². The van der Waals surface area contributed by atoms with Crippen molar-refractivity contribution in [2.24, 2.45) is 0 Å². The number of benzene rings is 1. The van der Waals surface area contributed by atoms with Gasteiger partial charge in [-0.05, 0) is 42.8 Å². The average Bonchev–Trinajstić information content (AvgIpc) is 2.93. The molecule has 0 saturated heterocycles. The zero-order valence-electron chi connectivity index (χ0n) is 12.0. The largest absolute Gasteiger partial charge is 0.462 e. The van der Waals surface area contributed by atoms with E-state index in [9.17, 15) is 4.79 Å². The number of aromatic nitrogens is 2. The summed E-state index contributed by atoms with van der Waals surface area (Å²) in [5, 5.41) is 6.16. The van der Waals surface area contributed by atoms with Gasteiger partial charge < -0.3 is 10.1 Å². The Balaban J connectivity index is 2.08. The molecule has 5 nitrogen and oxygen atoms in total. The number of ether oxygens (including phenoxy) is 1. The number of fused-ring (bicyclic) bond motifs is 1. The highest BCUT2D eigenvalue weighted by Crippen LogP contribution is 2.33. The second kappa shape index (κ2) is 6.70. The van der Waals surface area contributed by atoms with E-state index < -0.39 is 5.97 Å². The van der Waals surface area contributed by atoms with E-state index in [4.69, 9.17) is 27.9 Å². The molecule has 3 rings (SSSR count). The molecule has 118 valence electrons. The number of nitrogens with zero attached hydrogens (tertiary/aromatic N) is 2. The Morgan fingerprint density at radius 1 is 1.26 bits per heavy atom. The van der Waals surface area contributed by atoms with Crippen LogP contribution < -0.4 is 5.32 Å². The monoisotopic (exact) mass is 367 g/mol. The van der Waals surface area contributed by atoms with Crippen LogP contribution in [0.15, 0.2) is 29.6 Å². The van der Waals surface area contributed by atoms with Crippen molar-refractivity contribution in [3.05, 3.63) is 45.5 Å². The number of halogens is 2. The van der Waals surface area contributed by atoms with E-state index in [-0.39, 0.29) is 5.28 Å². The standard InChI is InChI=1S/C15H11Cl2N3O2S/c1-2-22-14(21)10-7-23-13-11(10)12(19-15(17)20-13)18-9-5-3-8(16)4-6-9/h3-7H,2H2,1H3,(H,18,19,20). The molecule has 0 unspecified atom stereocenters. The molecular formula is C15H11Cl2N3O2S. The molecule has 23 heavy (non-hydrogen) atoms. The van der Waals surface area contributed by atoms with E-state index >= 15 is 0 Å². The third-order valence-corrected chi connectivity index (χ3v) is 4.30. The van der Waals surface area contributed by atoms with Crippen molar-refractivity contribution < 1.29 is 9.53 Å². The zero-order chi connectivity index (χ0) is 16.4. The summed E-state index contributed by atoms with van der Waals surface area (Å²) in [6.07, 6.45) is 0. The van der Waals surface area contributed by atoms with Crippen molar-refractivity contribution >= 4 is 62.2 Å². The summed E-state index contributed by atoms with van der Waals surface area (Å²) < 4.78 is 5.08. The van der Waals surface area contributed by atoms with Gasteiger partial charge in [0.1, 0.15) is 10.6 Å². The molecule has 0 spiro atoms. The number of thiophene rings is 1. The Hall–Kier alpha value is -1.89. The minimum atomic E-state index is -0.413. The van der Waals surface area contributed by atoms with Gasteiger partial charge in [-0.15, -0.1) is 11.3 Å². The van der Waals surface area contributed by atoms with Gasteiger partial charge in [0.2, 0.25) is 5.28 Å². The highest BCUT2D eigenvalue weighted by Gasteiger charge is 2.19. The summed E-state index contributed by atoms with van der Waals surface area (Å²) in [5.74, 6) is 0.0375. The van der Waals surface area contributed by atoms with Gasteiger partial charge in [0, 0.05) is 16.1 Å². The number of rotatable bonds is 4. The second-order valence-electron chi connectivity index (χ2n) is 4.52. The van der Waals surface area contributed by atoms with Crippen molar-refractivity contribution in [1.29, 1.82) is 0 Å². The van der Waals surface area contributed by atoms with Gasteiger partial charge in [0.15, 0.2) is 0 Å². The highest BCUT2D eigenvalue weighted by molar-refractivity contribution is 7.17. The minimum absolute atomic E-state index is 0.103. The summed E-state index contributed by atoms with van der Waals surface area (Å²) in [6.45, 7) is 2.05. The number of anilines is 2. The van der Waals surface area contributed by atoms with Gasteiger partial charge in [-0.3, -0.25) is 0 Å². The molecule has 1 N–H and O–H groups in total. The van der Waals surface area contributed by atoms with Gasteiger partial charge >= 0.3 is 5.97 Å². The smallest absolute Gasteiger partial charge is 0.339 e. The molecule has 2 aromatic heterocycles.